The lowest BCUT2D eigenvalue weighted by atomic mass is 10.1. The van der Waals surface area contributed by atoms with Crippen molar-refractivity contribution in [3.05, 3.63) is 29.8 Å². The normalized spacial score (nSPS) is 10.2. The molecule has 3 heteroatoms. The van der Waals surface area contributed by atoms with Crippen LogP contribution in [0.5, 0.6) is 5.75 Å². The highest BCUT2D eigenvalue weighted by Gasteiger charge is 2.00. The molecule has 110 valence electrons. The van der Waals surface area contributed by atoms with Crippen LogP contribution >= 0.6 is 0 Å². The molecule has 1 rings (SSSR count). The molecule has 0 radical (unpaired) electrons. The van der Waals surface area contributed by atoms with Crippen molar-refractivity contribution in [2.24, 2.45) is 5.92 Å². The first-order valence-electron chi connectivity index (χ1n) is 7.13. The molecule has 1 aromatic rings. The number of hydrogen-bond donors (Lipinski definition) is 1. The molecule has 0 saturated carbocycles. The van der Waals surface area contributed by atoms with Crippen LogP contribution in [0.15, 0.2) is 24.3 Å². The summed E-state index contributed by atoms with van der Waals surface area (Å²) in [4.78, 5) is 0. The summed E-state index contributed by atoms with van der Waals surface area (Å²) in [7, 11) is 0. The van der Waals surface area contributed by atoms with Gasteiger partial charge < -0.3 is 14.6 Å². The summed E-state index contributed by atoms with van der Waals surface area (Å²) in [6.07, 6.45) is 1.55. The van der Waals surface area contributed by atoms with Gasteiger partial charge in [-0.1, -0.05) is 37.8 Å². The quantitative estimate of drug-likeness (QED) is 0.586. The first-order chi connectivity index (χ1) is 9.74. The Labute approximate surface area is 121 Å². The van der Waals surface area contributed by atoms with Gasteiger partial charge in [0.2, 0.25) is 0 Å². The van der Waals surface area contributed by atoms with Gasteiger partial charge in [0.1, 0.15) is 12.4 Å². The van der Waals surface area contributed by atoms with E-state index in [1.54, 1.807) is 0 Å². The van der Waals surface area contributed by atoms with E-state index < -0.39 is 0 Å². The van der Waals surface area contributed by atoms with Gasteiger partial charge in [-0.15, -0.1) is 0 Å². The maximum absolute atomic E-state index is 8.73. The minimum atomic E-state index is 0.0831. The van der Waals surface area contributed by atoms with Crippen LogP contribution in [-0.2, 0) is 4.74 Å². The molecule has 0 spiro atoms. The van der Waals surface area contributed by atoms with Gasteiger partial charge in [0.15, 0.2) is 0 Å². The summed E-state index contributed by atoms with van der Waals surface area (Å²) in [6.45, 7) is 6.34. The van der Waals surface area contributed by atoms with Crippen molar-refractivity contribution >= 4 is 0 Å². The number of aliphatic hydroxyl groups excluding tert-OH is 1. The summed E-state index contributed by atoms with van der Waals surface area (Å²) in [5.41, 5.74) is 0.850. The average molecular weight is 276 g/mol. The van der Waals surface area contributed by atoms with E-state index >= 15 is 0 Å². The van der Waals surface area contributed by atoms with Crippen LogP contribution < -0.4 is 4.74 Å². The highest BCUT2D eigenvalue weighted by molar-refractivity contribution is 5.45. The van der Waals surface area contributed by atoms with E-state index in [9.17, 15) is 0 Å². The fourth-order valence-electron chi connectivity index (χ4n) is 1.54. The number of hydrogen-bond acceptors (Lipinski definition) is 3. The average Bonchev–Trinajstić information content (AvgIpc) is 2.44. The van der Waals surface area contributed by atoms with Crippen molar-refractivity contribution in [3.63, 3.8) is 0 Å². The third-order valence-corrected chi connectivity index (χ3v) is 2.67. The lowest BCUT2D eigenvalue weighted by Gasteiger charge is -2.09. The number of benzene rings is 1. The molecule has 1 N–H and O–H groups in total. The van der Waals surface area contributed by atoms with Crippen LogP contribution in [0, 0.1) is 17.8 Å². The Kier molecular flexibility index (Phi) is 8.53. The molecule has 3 nitrogen and oxygen atoms in total. The van der Waals surface area contributed by atoms with Crippen LogP contribution in [0.2, 0.25) is 0 Å². The van der Waals surface area contributed by atoms with Crippen molar-refractivity contribution in [2.75, 3.05) is 26.4 Å². The van der Waals surface area contributed by atoms with Crippen LogP contribution in [-0.4, -0.2) is 31.5 Å². The predicted octanol–water partition coefficient (Wildman–Crippen LogP) is 2.86. The third-order valence-electron chi connectivity index (χ3n) is 2.67. The summed E-state index contributed by atoms with van der Waals surface area (Å²) < 4.78 is 11.2. The van der Waals surface area contributed by atoms with Crippen molar-refractivity contribution < 1.29 is 14.6 Å². The second kappa shape index (κ2) is 10.3. The predicted molar refractivity (Wildman–Crippen MR) is 80.8 cm³/mol. The number of rotatable bonds is 8. The topological polar surface area (TPSA) is 38.7 Å². The number of para-hydroxylation sites is 1. The molecule has 0 aromatic heterocycles. The van der Waals surface area contributed by atoms with E-state index in [0.717, 1.165) is 24.3 Å². The summed E-state index contributed by atoms with van der Waals surface area (Å²) in [5, 5.41) is 8.73. The minimum absolute atomic E-state index is 0.0831. The molecule has 0 aliphatic rings. The van der Waals surface area contributed by atoms with Crippen LogP contribution in [0.3, 0.4) is 0 Å². The number of ether oxygens (including phenoxy) is 2. The van der Waals surface area contributed by atoms with Gasteiger partial charge in [-0.2, -0.15) is 0 Å². The smallest absolute Gasteiger partial charge is 0.135 e. The van der Waals surface area contributed by atoms with Gasteiger partial charge in [-0.05, 0) is 24.5 Å². The Morgan fingerprint density at radius 3 is 2.70 bits per heavy atom. The van der Waals surface area contributed by atoms with Gasteiger partial charge in [0, 0.05) is 13.0 Å². The highest BCUT2D eigenvalue weighted by atomic mass is 16.5. The fraction of sp³-hybridized carbons (Fsp3) is 0.529. The largest absolute Gasteiger partial charge is 0.490 e. The van der Waals surface area contributed by atoms with Gasteiger partial charge in [0.25, 0.3) is 0 Å². The summed E-state index contributed by atoms with van der Waals surface area (Å²) >= 11 is 0. The number of aliphatic hydroxyl groups is 1. The second-order valence-corrected chi connectivity index (χ2v) is 4.91. The maximum Gasteiger partial charge on any atom is 0.135 e. The Bertz CT molecular complexity index is 429. The van der Waals surface area contributed by atoms with Gasteiger partial charge in [0.05, 0.1) is 18.8 Å². The minimum Gasteiger partial charge on any atom is -0.490 e. The van der Waals surface area contributed by atoms with Gasteiger partial charge in [-0.25, -0.2) is 0 Å². The molecule has 0 atom stereocenters. The van der Waals surface area contributed by atoms with E-state index in [1.807, 2.05) is 24.3 Å². The molecule has 0 saturated heterocycles. The zero-order chi connectivity index (χ0) is 14.6. The summed E-state index contributed by atoms with van der Waals surface area (Å²) in [6, 6.07) is 7.66. The monoisotopic (exact) mass is 276 g/mol. The Hall–Kier alpha value is -1.50. The molecule has 0 fully saturated rings. The Balaban J connectivity index is 2.35. The van der Waals surface area contributed by atoms with E-state index in [4.69, 9.17) is 14.6 Å². The molecule has 20 heavy (non-hydrogen) atoms. The van der Waals surface area contributed by atoms with E-state index in [2.05, 4.69) is 25.7 Å². The fourth-order valence-corrected chi connectivity index (χ4v) is 1.54. The standard InChI is InChI=1S/C17H24O3/c1-15(2)10-12-19-13-14-20-17-9-4-3-7-16(17)8-5-6-11-18/h3-4,7,9,15,18H,6,10-14H2,1-2H3. The van der Waals surface area contributed by atoms with E-state index in [1.165, 1.54) is 0 Å². The summed E-state index contributed by atoms with van der Waals surface area (Å²) in [5.74, 6) is 7.34. The lowest BCUT2D eigenvalue weighted by molar-refractivity contribution is 0.0925. The third kappa shape index (κ3) is 7.18. The first-order valence-corrected chi connectivity index (χ1v) is 7.13. The Morgan fingerprint density at radius 2 is 1.95 bits per heavy atom. The molecule has 0 heterocycles. The van der Waals surface area contributed by atoms with Crippen molar-refractivity contribution in [1.29, 1.82) is 0 Å². The molecule has 0 aliphatic carbocycles. The van der Waals surface area contributed by atoms with E-state index in [0.29, 0.717) is 25.6 Å². The highest BCUT2D eigenvalue weighted by Crippen LogP contribution is 2.16. The maximum atomic E-state index is 8.73. The van der Waals surface area contributed by atoms with Crippen LogP contribution in [0.4, 0.5) is 0 Å². The SMILES string of the molecule is CC(C)CCOCCOc1ccccc1C#CCCO. The molecular formula is C17H24O3. The lowest BCUT2D eigenvalue weighted by Crippen LogP contribution is -2.09. The molecule has 0 unspecified atom stereocenters. The zero-order valence-corrected chi connectivity index (χ0v) is 12.4. The Morgan fingerprint density at radius 1 is 1.15 bits per heavy atom. The van der Waals surface area contributed by atoms with Crippen LogP contribution in [0.1, 0.15) is 32.3 Å². The van der Waals surface area contributed by atoms with Gasteiger partial charge >= 0.3 is 0 Å². The molecule has 0 bridgehead atoms. The van der Waals surface area contributed by atoms with E-state index in [-0.39, 0.29) is 6.61 Å². The van der Waals surface area contributed by atoms with Crippen LogP contribution in [0.25, 0.3) is 0 Å². The molecule has 1 aromatic carbocycles. The van der Waals surface area contributed by atoms with Crippen molar-refractivity contribution in [3.8, 4) is 17.6 Å². The van der Waals surface area contributed by atoms with Crippen molar-refractivity contribution in [2.45, 2.75) is 26.7 Å². The molecule has 0 aliphatic heterocycles. The second-order valence-electron chi connectivity index (χ2n) is 4.91. The molecular weight excluding hydrogens is 252 g/mol. The zero-order valence-electron chi connectivity index (χ0n) is 12.4. The van der Waals surface area contributed by atoms with Crippen molar-refractivity contribution in [1.82, 2.24) is 0 Å². The van der Waals surface area contributed by atoms with Gasteiger partial charge in [-0.3, -0.25) is 0 Å². The first kappa shape index (κ1) is 16.6. The molecule has 0 amide bonds.